The van der Waals surface area contributed by atoms with Gasteiger partial charge in [0.2, 0.25) is 0 Å². The van der Waals surface area contributed by atoms with Gasteiger partial charge in [-0.3, -0.25) is 0 Å². The molecule has 0 radical (unpaired) electrons. The third kappa shape index (κ3) is 2.98. The number of ether oxygens (including phenoxy) is 1. The van der Waals surface area contributed by atoms with E-state index in [4.69, 9.17) is 4.74 Å². The number of hydrogen-bond donors (Lipinski definition) is 0. The summed E-state index contributed by atoms with van der Waals surface area (Å²) in [6.07, 6.45) is 5.89. The molecule has 0 saturated heterocycles. The highest BCUT2D eigenvalue weighted by molar-refractivity contribution is 5.17. The van der Waals surface area contributed by atoms with E-state index in [1.165, 1.54) is 30.4 Å². The normalized spacial score (nSPS) is 27.5. The van der Waals surface area contributed by atoms with Crippen LogP contribution < -0.4 is 0 Å². The number of rotatable bonds is 3. The largest absolute Gasteiger partial charge is 0.370 e. The monoisotopic (exact) mass is 194 g/mol. The molecule has 0 spiro atoms. The van der Waals surface area contributed by atoms with Gasteiger partial charge in [0.25, 0.3) is 0 Å². The van der Waals surface area contributed by atoms with Crippen molar-refractivity contribution in [3.05, 3.63) is 23.8 Å². The second kappa shape index (κ2) is 5.35. The van der Waals surface area contributed by atoms with Gasteiger partial charge < -0.3 is 4.74 Å². The van der Waals surface area contributed by atoms with E-state index in [-0.39, 0.29) is 0 Å². The average molecular weight is 194 g/mol. The van der Waals surface area contributed by atoms with Crippen LogP contribution in [0.2, 0.25) is 0 Å². The summed E-state index contributed by atoms with van der Waals surface area (Å²) in [5.41, 5.74) is 2.95. The van der Waals surface area contributed by atoms with Crippen molar-refractivity contribution in [1.82, 2.24) is 0 Å². The molecule has 1 heteroatoms. The van der Waals surface area contributed by atoms with Crippen molar-refractivity contribution in [2.75, 3.05) is 6.61 Å². The van der Waals surface area contributed by atoms with Crippen molar-refractivity contribution in [2.24, 2.45) is 5.92 Å². The fourth-order valence-electron chi connectivity index (χ4n) is 2.11. The Hall–Kier alpha value is -0.560. The van der Waals surface area contributed by atoms with Crippen LogP contribution in [0.25, 0.3) is 0 Å². The summed E-state index contributed by atoms with van der Waals surface area (Å²) >= 11 is 0. The second-order valence-corrected chi connectivity index (χ2v) is 4.52. The third-order valence-corrected chi connectivity index (χ3v) is 2.97. The summed E-state index contributed by atoms with van der Waals surface area (Å²) in [6.45, 7) is 11.1. The smallest absolute Gasteiger partial charge is 0.0794 e. The molecule has 1 unspecified atom stereocenters. The molecule has 80 valence electrons. The van der Waals surface area contributed by atoms with Crippen LogP contribution in [0, 0.1) is 5.92 Å². The van der Waals surface area contributed by atoms with E-state index in [0.29, 0.717) is 12.7 Å². The van der Waals surface area contributed by atoms with Gasteiger partial charge in [0.15, 0.2) is 0 Å². The topological polar surface area (TPSA) is 9.23 Å². The number of hydrogen-bond acceptors (Lipinski definition) is 1. The maximum Gasteiger partial charge on any atom is 0.0794 e. The van der Waals surface area contributed by atoms with Gasteiger partial charge in [-0.25, -0.2) is 0 Å². The predicted molar refractivity (Wildman–Crippen MR) is 61.3 cm³/mol. The first-order valence-corrected chi connectivity index (χ1v) is 5.54. The van der Waals surface area contributed by atoms with Gasteiger partial charge in [-0.1, -0.05) is 18.6 Å². The average Bonchev–Trinajstić information content (AvgIpc) is 2.14. The standard InChI is InChI=1S/C13H22O/c1-5-8-14-13-9-11(4)6-7-12(13)10(2)3/h5,11,13H,1,6-9H2,2-4H3/t11-,13?/m1/s1. The SMILES string of the molecule is C=CCOC1C[C@H](C)CCC1=C(C)C. The van der Waals surface area contributed by atoms with Crippen LogP contribution in [0.5, 0.6) is 0 Å². The van der Waals surface area contributed by atoms with Gasteiger partial charge in [0.05, 0.1) is 12.7 Å². The Bertz CT molecular complexity index is 223. The quantitative estimate of drug-likeness (QED) is 0.622. The summed E-state index contributed by atoms with van der Waals surface area (Å²) in [5, 5.41) is 0. The molecule has 1 aliphatic rings. The van der Waals surface area contributed by atoms with E-state index in [1.54, 1.807) is 0 Å². The zero-order valence-corrected chi connectivity index (χ0v) is 9.68. The lowest BCUT2D eigenvalue weighted by atomic mass is 9.83. The van der Waals surface area contributed by atoms with Crippen LogP contribution in [0.15, 0.2) is 23.8 Å². The minimum Gasteiger partial charge on any atom is -0.370 e. The molecular weight excluding hydrogens is 172 g/mol. The predicted octanol–water partition coefficient (Wildman–Crippen LogP) is 3.71. The van der Waals surface area contributed by atoms with Crippen LogP contribution >= 0.6 is 0 Å². The Balaban J connectivity index is 2.64. The molecule has 1 saturated carbocycles. The summed E-state index contributed by atoms with van der Waals surface area (Å²) in [4.78, 5) is 0. The molecule has 0 N–H and O–H groups in total. The van der Waals surface area contributed by atoms with Crippen LogP contribution in [0.1, 0.15) is 40.0 Å². The van der Waals surface area contributed by atoms with Gasteiger partial charge >= 0.3 is 0 Å². The van der Waals surface area contributed by atoms with Crippen LogP contribution in [0.3, 0.4) is 0 Å². The van der Waals surface area contributed by atoms with E-state index in [0.717, 1.165) is 5.92 Å². The van der Waals surface area contributed by atoms with Gasteiger partial charge in [-0.2, -0.15) is 0 Å². The van der Waals surface area contributed by atoms with Crippen molar-refractivity contribution in [1.29, 1.82) is 0 Å². The van der Waals surface area contributed by atoms with E-state index in [9.17, 15) is 0 Å². The molecule has 1 aliphatic carbocycles. The third-order valence-electron chi connectivity index (χ3n) is 2.97. The molecule has 0 heterocycles. The summed E-state index contributed by atoms with van der Waals surface area (Å²) < 4.78 is 5.80. The Kier molecular flexibility index (Phi) is 4.40. The molecular formula is C13H22O. The molecule has 1 fully saturated rings. The fraction of sp³-hybridized carbons (Fsp3) is 0.692. The summed E-state index contributed by atoms with van der Waals surface area (Å²) in [5.74, 6) is 0.799. The van der Waals surface area contributed by atoms with Crippen LogP contribution in [-0.2, 0) is 4.74 Å². The Morgan fingerprint density at radius 2 is 2.29 bits per heavy atom. The Morgan fingerprint density at radius 1 is 1.57 bits per heavy atom. The van der Waals surface area contributed by atoms with Gasteiger partial charge in [0.1, 0.15) is 0 Å². The summed E-state index contributed by atoms with van der Waals surface area (Å²) in [7, 11) is 0. The lowest BCUT2D eigenvalue weighted by Gasteiger charge is -2.30. The van der Waals surface area contributed by atoms with Crippen molar-refractivity contribution < 1.29 is 4.74 Å². The maximum absolute atomic E-state index is 5.80. The molecule has 0 aromatic heterocycles. The molecule has 14 heavy (non-hydrogen) atoms. The summed E-state index contributed by atoms with van der Waals surface area (Å²) in [6, 6.07) is 0. The Labute approximate surface area is 87.8 Å². The highest BCUT2D eigenvalue weighted by Crippen LogP contribution is 2.32. The molecule has 1 nitrogen and oxygen atoms in total. The van der Waals surface area contributed by atoms with Gasteiger partial charge in [-0.05, 0) is 44.6 Å². The van der Waals surface area contributed by atoms with Gasteiger partial charge in [-0.15, -0.1) is 6.58 Å². The van der Waals surface area contributed by atoms with Crippen molar-refractivity contribution in [3.63, 3.8) is 0 Å². The maximum atomic E-state index is 5.80. The second-order valence-electron chi connectivity index (χ2n) is 4.52. The first-order valence-electron chi connectivity index (χ1n) is 5.54. The van der Waals surface area contributed by atoms with Crippen molar-refractivity contribution in [2.45, 2.75) is 46.1 Å². The highest BCUT2D eigenvalue weighted by atomic mass is 16.5. The van der Waals surface area contributed by atoms with Crippen LogP contribution in [-0.4, -0.2) is 12.7 Å². The van der Waals surface area contributed by atoms with Crippen molar-refractivity contribution >= 4 is 0 Å². The molecule has 1 rings (SSSR count). The minimum atomic E-state index is 0.349. The molecule has 2 atom stereocenters. The van der Waals surface area contributed by atoms with E-state index in [1.807, 2.05) is 6.08 Å². The molecule has 0 bridgehead atoms. The highest BCUT2D eigenvalue weighted by Gasteiger charge is 2.24. The molecule has 0 aromatic rings. The van der Waals surface area contributed by atoms with E-state index in [2.05, 4.69) is 27.4 Å². The minimum absolute atomic E-state index is 0.349. The first kappa shape index (κ1) is 11.5. The Morgan fingerprint density at radius 3 is 2.86 bits per heavy atom. The number of allylic oxidation sites excluding steroid dienone is 1. The lowest BCUT2D eigenvalue weighted by Crippen LogP contribution is -2.25. The lowest BCUT2D eigenvalue weighted by molar-refractivity contribution is 0.0669. The zero-order chi connectivity index (χ0) is 10.6. The molecule has 0 amide bonds. The zero-order valence-electron chi connectivity index (χ0n) is 9.68. The fourth-order valence-corrected chi connectivity index (χ4v) is 2.11. The van der Waals surface area contributed by atoms with Crippen molar-refractivity contribution in [3.8, 4) is 0 Å². The molecule has 0 aromatic carbocycles. The van der Waals surface area contributed by atoms with Crippen LogP contribution in [0.4, 0.5) is 0 Å². The molecule has 0 aliphatic heterocycles. The first-order chi connectivity index (χ1) is 6.65. The van der Waals surface area contributed by atoms with E-state index >= 15 is 0 Å². The van der Waals surface area contributed by atoms with Gasteiger partial charge in [0, 0.05) is 0 Å². The van der Waals surface area contributed by atoms with E-state index < -0.39 is 0 Å².